The zero-order valence-electron chi connectivity index (χ0n) is 11.1. The summed E-state index contributed by atoms with van der Waals surface area (Å²) in [6.45, 7) is 4.85. The number of rotatable bonds is 7. The SMILES string of the molecule is CCC(CC)N(CCO)c1ncc(Br)c(OC)n1. The van der Waals surface area contributed by atoms with Gasteiger partial charge < -0.3 is 14.7 Å². The van der Waals surface area contributed by atoms with Crippen LogP contribution in [0.1, 0.15) is 26.7 Å². The molecule has 0 atom stereocenters. The Labute approximate surface area is 116 Å². The lowest BCUT2D eigenvalue weighted by atomic mass is 10.1. The molecule has 1 heterocycles. The Balaban J connectivity index is 3.04. The molecule has 0 amide bonds. The Kier molecular flexibility index (Phi) is 6.35. The van der Waals surface area contributed by atoms with E-state index < -0.39 is 0 Å². The van der Waals surface area contributed by atoms with Gasteiger partial charge in [0, 0.05) is 12.6 Å². The molecule has 18 heavy (non-hydrogen) atoms. The number of anilines is 1. The van der Waals surface area contributed by atoms with E-state index in [4.69, 9.17) is 4.74 Å². The van der Waals surface area contributed by atoms with Crippen molar-refractivity contribution >= 4 is 21.9 Å². The van der Waals surface area contributed by atoms with E-state index >= 15 is 0 Å². The number of hydrogen-bond donors (Lipinski definition) is 1. The number of methoxy groups -OCH3 is 1. The molecule has 1 aromatic rings. The maximum Gasteiger partial charge on any atom is 0.232 e. The molecule has 0 saturated carbocycles. The first-order chi connectivity index (χ1) is 8.67. The average molecular weight is 318 g/mol. The van der Waals surface area contributed by atoms with Crippen molar-refractivity contribution in [2.45, 2.75) is 32.7 Å². The van der Waals surface area contributed by atoms with Crippen LogP contribution in [-0.4, -0.2) is 41.4 Å². The van der Waals surface area contributed by atoms with Crippen molar-refractivity contribution in [1.82, 2.24) is 9.97 Å². The van der Waals surface area contributed by atoms with E-state index in [1.165, 1.54) is 0 Å². The molecule has 0 spiro atoms. The van der Waals surface area contributed by atoms with Crippen LogP contribution in [0.25, 0.3) is 0 Å². The van der Waals surface area contributed by atoms with Gasteiger partial charge in [-0.1, -0.05) is 13.8 Å². The van der Waals surface area contributed by atoms with Crippen molar-refractivity contribution in [3.8, 4) is 5.88 Å². The molecule has 0 aliphatic carbocycles. The average Bonchev–Trinajstić information content (AvgIpc) is 2.40. The van der Waals surface area contributed by atoms with E-state index in [0.717, 1.165) is 17.3 Å². The minimum Gasteiger partial charge on any atom is -0.480 e. The summed E-state index contributed by atoms with van der Waals surface area (Å²) >= 11 is 3.33. The van der Waals surface area contributed by atoms with Crippen LogP contribution in [0.5, 0.6) is 5.88 Å². The summed E-state index contributed by atoms with van der Waals surface area (Å²) in [6, 6.07) is 0.322. The van der Waals surface area contributed by atoms with Gasteiger partial charge in [0.15, 0.2) is 0 Å². The molecule has 1 rings (SSSR count). The first-order valence-corrected chi connectivity index (χ1v) is 6.91. The fourth-order valence-corrected chi connectivity index (χ4v) is 2.26. The van der Waals surface area contributed by atoms with Gasteiger partial charge >= 0.3 is 0 Å². The number of hydrogen-bond acceptors (Lipinski definition) is 5. The van der Waals surface area contributed by atoms with Crippen molar-refractivity contribution in [3.63, 3.8) is 0 Å². The van der Waals surface area contributed by atoms with Crippen LogP contribution in [0.3, 0.4) is 0 Å². The highest BCUT2D eigenvalue weighted by Gasteiger charge is 2.19. The molecule has 0 fully saturated rings. The molecule has 0 radical (unpaired) electrons. The van der Waals surface area contributed by atoms with Gasteiger partial charge in [-0.25, -0.2) is 4.98 Å². The maximum absolute atomic E-state index is 9.18. The Hall–Kier alpha value is -0.880. The first-order valence-electron chi connectivity index (χ1n) is 6.11. The van der Waals surface area contributed by atoms with Crippen LogP contribution in [-0.2, 0) is 0 Å². The molecular weight excluding hydrogens is 298 g/mol. The normalized spacial score (nSPS) is 10.8. The molecule has 1 aromatic heterocycles. The second-order valence-electron chi connectivity index (χ2n) is 3.91. The molecule has 5 nitrogen and oxygen atoms in total. The topological polar surface area (TPSA) is 58.5 Å². The molecule has 6 heteroatoms. The third kappa shape index (κ3) is 3.55. The second-order valence-corrected chi connectivity index (χ2v) is 4.77. The molecule has 0 saturated heterocycles. The minimum atomic E-state index is 0.0816. The van der Waals surface area contributed by atoms with E-state index in [1.54, 1.807) is 13.3 Å². The van der Waals surface area contributed by atoms with Gasteiger partial charge in [-0.05, 0) is 28.8 Å². The van der Waals surface area contributed by atoms with Crippen LogP contribution in [0, 0.1) is 0 Å². The lowest BCUT2D eigenvalue weighted by molar-refractivity contribution is 0.294. The minimum absolute atomic E-state index is 0.0816. The van der Waals surface area contributed by atoms with Crippen LogP contribution in [0.4, 0.5) is 5.95 Å². The van der Waals surface area contributed by atoms with Gasteiger partial charge in [-0.15, -0.1) is 0 Å². The molecule has 0 aliphatic heterocycles. The van der Waals surface area contributed by atoms with E-state index in [-0.39, 0.29) is 6.61 Å². The van der Waals surface area contributed by atoms with Crippen molar-refractivity contribution in [2.75, 3.05) is 25.2 Å². The fourth-order valence-electron chi connectivity index (χ4n) is 1.91. The van der Waals surface area contributed by atoms with Gasteiger partial charge in [0.2, 0.25) is 11.8 Å². The van der Waals surface area contributed by atoms with Crippen molar-refractivity contribution in [3.05, 3.63) is 10.7 Å². The van der Waals surface area contributed by atoms with Crippen molar-refractivity contribution in [1.29, 1.82) is 0 Å². The Bertz CT molecular complexity index is 372. The molecule has 0 unspecified atom stereocenters. The summed E-state index contributed by atoms with van der Waals surface area (Å²) in [4.78, 5) is 10.7. The molecule has 0 bridgehead atoms. The number of aromatic nitrogens is 2. The Morgan fingerprint density at radius 2 is 2.11 bits per heavy atom. The second kappa shape index (κ2) is 7.53. The van der Waals surface area contributed by atoms with Crippen molar-refractivity contribution in [2.24, 2.45) is 0 Å². The maximum atomic E-state index is 9.18. The predicted octanol–water partition coefficient (Wildman–Crippen LogP) is 2.24. The lowest BCUT2D eigenvalue weighted by Crippen LogP contribution is -2.38. The molecular formula is C12H20BrN3O2. The summed E-state index contributed by atoms with van der Waals surface area (Å²) in [5, 5.41) is 9.18. The molecule has 0 aliphatic rings. The van der Waals surface area contributed by atoms with Gasteiger partial charge in [0.25, 0.3) is 0 Å². The zero-order chi connectivity index (χ0) is 13.5. The Morgan fingerprint density at radius 3 is 2.61 bits per heavy atom. The number of ether oxygens (including phenoxy) is 1. The highest BCUT2D eigenvalue weighted by Crippen LogP contribution is 2.25. The van der Waals surface area contributed by atoms with Gasteiger partial charge in [0.1, 0.15) is 0 Å². The van der Waals surface area contributed by atoms with Crippen LogP contribution in [0.2, 0.25) is 0 Å². The van der Waals surface area contributed by atoms with Gasteiger partial charge in [-0.2, -0.15) is 4.98 Å². The van der Waals surface area contributed by atoms with Crippen LogP contribution in [0.15, 0.2) is 10.7 Å². The van der Waals surface area contributed by atoms with E-state index in [9.17, 15) is 5.11 Å². The van der Waals surface area contributed by atoms with E-state index in [1.807, 2.05) is 4.90 Å². The van der Waals surface area contributed by atoms with Gasteiger partial charge in [0.05, 0.1) is 24.4 Å². The predicted molar refractivity (Wildman–Crippen MR) is 75.1 cm³/mol. The monoisotopic (exact) mass is 317 g/mol. The highest BCUT2D eigenvalue weighted by atomic mass is 79.9. The molecule has 1 N–H and O–H groups in total. The molecule has 0 aromatic carbocycles. The third-order valence-electron chi connectivity index (χ3n) is 2.87. The smallest absolute Gasteiger partial charge is 0.232 e. The quantitative estimate of drug-likeness (QED) is 0.835. The first kappa shape index (κ1) is 15.2. The largest absolute Gasteiger partial charge is 0.480 e. The van der Waals surface area contributed by atoms with Crippen molar-refractivity contribution < 1.29 is 9.84 Å². The fraction of sp³-hybridized carbons (Fsp3) is 0.667. The number of aliphatic hydroxyl groups is 1. The number of aliphatic hydroxyl groups excluding tert-OH is 1. The summed E-state index contributed by atoms with van der Waals surface area (Å²) < 4.78 is 5.90. The van der Waals surface area contributed by atoms with Crippen LogP contribution < -0.4 is 9.64 Å². The third-order valence-corrected chi connectivity index (χ3v) is 3.42. The highest BCUT2D eigenvalue weighted by molar-refractivity contribution is 9.10. The molecule has 102 valence electrons. The summed E-state index contributed by atoms with van der Waals surface area (Å²) in [5.41, 5.74) is 0. The standard InChI is InChI=1S/C12H20BrN3O2/c1-4-9(5-2)16(6-7-17)12-14-8-10(13)11(15-12)18-3/h8-9,17H,4-7H2,1-3H3. The Morgan fingerprint density at radius 1 is 1.44 bits per heavy atom. The number of nitrogens with zero attached hydrogens (tertiary/aromatic N) is 3. The zero-order valence-corrected chi connectivity index (χ0v) is 12.6. The summed E-state index contributed by atoms with van der Waals surface area (Å²) in [7, 11) is 1.57. The van der Waals surface area contributed by atoms with Gasteiger partial charge in [-0.3, -0.25) is 0 Å². The van der Waals surface area contributed by atoms with E-state index in [2.05, 4.69) is 39.7 Å². The number of halogens is 1. The summed E-state index contributed by atoms with van der Waals surface area (Å²) in [5.74, 6) is 1.10. The summed E-state index contributed by atoms with van der Waals surface area (Å²) in [6.07, 6.45) is 3.64. The van der Waals surface area contributed by atoms with E-state index in [0.29, 0.717) is 24.4 Å². The van der Waals surface area contributed by atoms with Crippen LogP contribution >= 0.6 is 15.9 Å². The lowest BCUT2D eigenvalue weighted by Gasteiger charge is -2.30.